The molecule has 1 aliphatic rings. The lowest BCUT2D eigenvalue weighted by atomic mass is 9.98. The summed E-state index contributed by atoms with van der Waals surface area (Å²) in [7, 11) is 3.18. The molecule has 8 heteroatoms. The highest BCUT2D eigenvalue weighted by molar-refractivity contribution is 9.10. The third-order valence-corrected chi connectivity index (χ3v) is 6.79. The van der Waals surface area contributed by atoms with Crippen molar-refractivity contribution in [3.05, 3.63) is 67.1 Å². The molecule has 3 aromatic rings. The summed E-state index contributed by atoms with van der Waals surface area (Å²) in [5, 5.41) is 3.04. The van der Waals surface area contributed by atoms with Gasteiger partial charge in [0.1, 0.15) is 0 Å². The fraction of sp³-hybridized carbons (Fsp3) is 0.348. The van der Waals surface area contributed by atoms with E-state index < -0.39 is 11.1 Å². The van der Waals surface area contributed by atoms with Crippen LogP contribution in [0.2, 0.25) is 0 Å². The molecule has 31 heavy (non-hydrogen) atoms. The van der Waals surface area contributed by atoms with Gasteiger partial charge in [0.15, 0.2) is 0 Å². The molecule has 7 nitrogen and oxygen atoms in total. The number of carbonyl (C=O) groups excluding carboxylic acids is 1. The van der Waals surface area contributed by atoms with Crippen LogP contribution in [0.25, 0.3) is 11.0 Å². The number of piperidine rings is 1. The topological polar surface area (TPSA) is 76.3 Å². The van der Waals surface area contributed by atoms with Crippen molar-refractivity contribution in [2.45, 2.75) is 19.8 Å². The molecule has 2 aromatic carbocycles. The second kappa shape index (κ2) is 8.34. The van der Waals surface area contributed by atoms with E-state index in [-0.39, 0.29) is 5.91 Å². The molecular weight excluding hydrogens is 460 g/mol. The summed E-state index contributed by atoms with van der Waals surface area (Å²) >= 11 is 3.44. The molecule has 0 atom stereocenters. The molecule has 0 aliphatic carbocycles. The highest BCUT2D eigenvalue weighted by atomic mass is 79.9. The van der Waals surface area contributed by atoms with Crippen LogP contribution in [0.5, 0.6) is 0 Å². The Bertz CT molecular complexity index is 1290. The summed E-state index contributed by atoms with van der Waals surface area (Å²) in [6.45, 7) is 3.97. The molecule has 0 bridgehead atoms. The Morgan fingerprint density at radius 1 is 1.00 bits per heavy atom. The van der Waals surface area contributed by atoms with E-state index in [2.05, 4.69) is 33.1 Å². The van der Waals surface area contributed by atoms with Crippen LogP contribution in [-0.2, 0) is 14.1 Å². The van der Waals surface area contributed by atoms with Gasteiger partial charge in [0.25, 0.3) is 5.91 Å². The van der Waals surface area contributed by atoms with E-state index in [1.165, 1.54) is 9.13 Å². The fourth-order valence-electron chi connectivity index (χ4n) is 4.06. The Morgan fingerprint density at radius 2 is 1.58 bits per heavy atom. The summed E-state index contributed by atoms with van der Waals surface area (Å²) in [4.78, 5) is 40.0. The van der Waals surface area contributed by atoms with Gasteiger partial charge in [-0.15, -0.1) is 0 Å². The SMILES string of the molecule is CC1CCN(c2cc3c(cc2NC(=O)c2ccccc2Br)n(C)c(=O)c(=O)n3C)CC1. The van der Waals surface area contributed by atoms with Crippen molar-refractivity contribution in [2.24, 2.45) is 20.0 Å². The molecule has 0 spiro atoms. The number of nitrogens with zero attached hydrogens (tertiary/aromatic N) is 3. The first kappa shape index (κ1) is 21.4. The number of amides is 1. The molecular formula is C23H25BrN4O3. The predicted octanol–water partition coefficient (Wildman–Crippen LogP) is 3.49. The molecule has 162 valence electrons. The van der Waals surface area contributed by atoms with Crippen molar-refractivity contribution in [1.29, 1.82) is 0 Å². The number of fused-ring (bicyclic) bond motifs is 1. The number of carbonyl (C=O) groups is 1. The lowest BCUT2D eigenvalue weighted by Crippen LogP contribution is -2.39. The van der Waals surface area contributed by atoms with E-state index in [9.17, 15) is 14.4 Å². The van der Waals surface area contributed by atoms with Crippen molar-refractivity contribution in [1.82, 2.24) is 9.13 Å². The van der Waals surface area contributed by atoms with Crippen molar-refractivity contribution >= 4 is 44.2 Å². The van der Waals surface area contributed by atoms with Crippen LogP contribution in [0.1, 0.15) is 30.1 Å². The van der Waals surface area contributed by atoms with Crippen LogP contribution < -0.4 is 21.3 Å². The number of aryl methyl sites for hydroxylation is 2. The molecule has 0 saturated carbocycles. The second-order valence-electron chi connectivity index (χ2n) is 8.19. The van der Waals surface area contributed by atoms with Gasteiger partial charge in [-0.2, -0.15) is 0 Å². The van der Waals surface area contributed by atoms with Crippen LogP contribution in [0.4, 0.5) is 11.4 Å². The smallest absolute Gasteiger partial charge is 0.316 e. The maximum Gasteiger partial charge on any atom is 0.316 e. The van der Waals surface area contributed by atoms with Gasteiger partial charge in [-0.25, -0.2) is 0 Å². The lowest BCUT2D eigenvalue weighted by Gasteiger charge is -2.34. The monoisotopic (exact) mass is 484 g/mol. The first-order valence-corrected chi connectivity index (χ1v) is 11.1. The largest absolute Gasteiger partial charge is 0.370 e. The number of nitrogens with one attached hydrogen (secondary N) is 1. The summed E-state index contributed by atoms with van der Waals surface area (Å²) < 4.78 is 3.43. The molecule has 1 aliphatic heterocycles. The first-order valence-electron chi connectivity index (χ1n) is 10.3. The molecule has 1 amide bonds. The Morgan fingerprint density at radius 3 is 2.19 bits per heavy atom. The summed E-state index contributed by atoms with van der Waals surface area (Å²) in [6.07, 6.45) is 2.11. The van der Waals surface area contributed by atoms with Crippen molar-refractivity contribution in [2.75, 3.05) is 23.3 Å². The Hall–Kier alpha value is -2.87. The van der Waals surface area contributed by atoms with Crippen LogP contribution in [0, 0.1) is 5.92 Å². The fourth-order valence-corrected chi connectivity index (χ4v) is 4.52. The normalized spacial score (nSPS) is 14.8. The van der Waals surface area contributed by atoms with Gasteiger partial charge >= 0.3 is 11.1 Å². The van der Waals surface area contributed by atoms with E-state index in [1.807, 2.05) is 24.3 Å². The van der Waals surface area contributed by atoms with Crippen LogP contribution in [0.15, 0.2) is 50.5 Å². The van der Waals surface area contributed by atoms with Gasteiger partial charge in [-0.1, -0.05) is 19.1 Å². The molecule has 4 rings (SSSR count). The third-order valence-electron chi connectivity index (χ3n) is 6.10. The minimum absolute atomic E-state index is 0.242. The summed E-state index contributed by atoms with van der Waals surface area (Å²) in [6, 6.07) is 10.9. The average Bonchev–Trinajstić information content (AvgIpc) is 2.77. The Kier molecular flexibility index (Phi) is 5.75. The molecule has 1 aromatic heterocycles. The molecule has 1 fully saturated rings. The van der Waals surface area contributed by atoms with Gasteiger partial charge in [0, 0.05) is 31.7 Å². The number of halogens is 1. The lowest BCUT2D eigenvalue weighted by molar-refractivity contribution is 0.102. The van der Waals surface area contributed by atoms with Gasteiger partial charge < -0.3 is 19.4 Å². The van der Waals surface area contributed by atoms with Gasteiger partial charge in [-0.3, -0.25) is 14.4 Å². The maximum atomic E-state index is 13.0. The number of anilines is 2. The van der Waals surface area contributed by atoms with Crippen molar-refractivity contribution in [3.63, 3.8) is 0 Å². The predicted molar refractivity (Wildman–Crippen MR) is 127 cm³/mol. The van der Waals surface area contributed by atoms with Gasteiger partial charge in [-0.05, 0) is 59.0 Å². The molecule has 2 heterocycles. The minimum atomic E-state index is -0.599. The highest BCUT2D eigenvalue weighted by Gasteiger charge is 2.22. The van der Waals surface area contributed by atoms with E-state index in [1.54, 1.807) is 26.2 Å². The average molecular weight is 485 g/mol. The molecule has 0 unspecified atom stereocenters. The minimum Gasteiger partial charge on any atom is -0.370 e. The number of benzene rings is 2. The Labute approximate surface area is 188 Å². The van der Waals surface area contributed by atoms with E-state index in [0.717, 1.165) is 31.6 Å². The summed E-state index contributed by atoms with van der Waals surface area (Å²) in [5.41, 5.74) is 2.07. The van der Waals surface area contributed by atoms with Gasteiger partial charge in [0.2, 0.25) is 0 Å². The molecule has 1 saturated heterocycles. The van der Waals surface area contributed by atoms with E-state index >= 15 is 0 Å². The van der Waals surface area contributed by atoms with Crippen molar-refractivity contribution < 1.29 is 4.79 Å². The Balaban J connectivity index is 1.88. The van der Waals surface area contributed by atoms with Crippen LogP contribution in [-0.4, -0.2) is 28.1 Å². The zero-order chi connectivity index (χ0) is 22.3. The maximum absolute atomic E-state index is 13.0. The summed E-state index contributed by atoms with van der Waals surface area (Å²) in [5.74, 6) is 0.411. The third kappa shape index (κ3) is 3.92. The quantitative estimate of drug-likeness (QED) is 0.577. The standard InChI is InChI=1S/C23H25BrN4O3/c1-14-8-10-28(11-9-14)18-13-20-19(26(2)22(30)23(31)27(20)3)12-17(18)25-21(29)15-6-4-5-7-16(15)24/h4-7,12-14H,8-11H2,1-3H3,(H,25,29). The second-order valence-corrected chi connectivity index (χ2v) is 9.04. The van der Waals surface area contributed by atoms with Gasteiger partial charge in [0.05, 0.1) is 28.0 Å². The first-order chi connectivity index (χ1) is 14.8. The number of aromatic nitrogens is 2. The zero-order valence-electron chi connectivity index (χ0n) is 17.8. The van der Waals surface area contributed by atoms with Crippen molar-refractivity contribution in [3.8, 4) is 0 Å². The highest BCUT2D eigenvalue weighted by Crippen LogP contribution is 2.34. The van der Waals surface area contributed by atoms with E-state index in [4.69, 9.17) is 0 Å². The number of hydrogen-bond acceptors (Lipinski definition) is 4. The van der Waals surface area contributed by atoms with Crippen LogP contribution in [0.3, 0.4) is 0 Å². The molecule has 0 radical (unpaired) electrons. The number of rotatable bonds is 3. The van der Waals surface area contributed by atoms with E-state index in [0.29, 0.717) is 32.7 Å². The number of hydrogen-bond donors (Lipinski definition) is 1. The van der Waals surface area contributed by atoms with Crippen LogP contribution >= 0.6 is 15.9 Å². The molecule has 1 N–H and O–H groups in total. The zero-order valence-corrected chi connectivity index (χ0v) is 19.4.